The van der Waals surface area contributed by atoms with Crippen LogP contribution in [0, 0.1) is 12.8 Å². The van der Waals surface area contributed by atoms with Gasteiger partial charge in [0.15, 0.2) is 0 Å². The number of nitrogens with zero attached hydrogens (tertiary/aromatic N) is 1. The number of esters is 1. The number of hydrogen-bond donors (Lipinski definition) is 0. The number of fused-ring (bicyclic) bond motifs is 1. The van der Waals surface area contributed by atoms with E-state index in [0.29, 0.717) is 35.9 Å². The van der Waals surface area contributed by atoms with Gasteiger partial charge in [-0.05, 0) is 55.4 Å². The fraction of sp³-hybridized carbons (Fsp3) is 0.346. The fourth-order valence-electron chi connectivity index (χ4n) is 4.41. The molecule has 3 aromatic rings. The number of hydrogen-bond acceptors (Lipinski definition) is 5. The van der Waals surface area contributed by atoms with E-state index in [1.54, 1.807) is 12.1 Å². The van der Waals surface area contributed by atoms with Crippen LogP contribution in [0.2, 0.25) is 0 Å². The van der Waals surface area contributed by atoms with E-state index in [-0.39, 0.29) is 12.3 Å². The molecule has 2 heterocycles. The summed E-state index contributed by atoms with van der Waals surface area (Å²) in [7, 11) is 0. The van der Waals surface area contributed by atoms with Gasteiger partial charge in [-0.2, -0.15) is 0 Å². The van der Waals surface area contributed by atoms with E-state index in [4.69, 9.17) is 9.15 Å². The Morgan fingerprint density at radius 2 is 1.81 bits per heavy atom. The molecule has 6 nitrogen and oxygen atoms in total. The molecule has 1 saturated heterocycles. The summed E-state index contributed by atoms with van der Waals surface area (Å²) in [6.07, 6.45) is 2.99. The van der Waals surface area contributed by atoms with Crippen molar-refractivity contribution in [2.45, 2.75) is 39.5 Å². The zero-order valence-corrected chi connectivity index (χ0v) is 18.4. The van der Waals surface area contributed by atoms with Crippen molar-refractivity contribution >= 4 is 22.8 Å². The van der Waals surface area contributed by atoms with Crippen molar-refractivity contribution in [2.24, 2.45) is 5.92 Å². The van der Waals surface area contributed by atoms with Crippen molar-refractivity contribution in [1.29, 1.82) is 0 Å². The second-order valence-corrected chi connectivity index (χ2v) is 8.44. The SMILES string of the molecule is CC(=O)Oc1ccc2c(C)c(CC(=O)N3CCC(Cc4ccccc4)CC3)c(=O)oc2c1. The highest BCUT2D eigenvalue weighted by Crippen LogP contribution is 2.26. The summed E-state index contributed by atoms with van der Waals surface area (Å²) in [6, 6.07) is 15.4. The summed E-state index contributed by atoms with van der Waals surface area (Å²) < 4.78 is 10.5. The predicted molar refractivity (Wildman–Crippen MR) is 122 cm³/mol. The zero-order chi connectivity index (χ0) is 22.7. The van der Waals surface area contributed by atoms with E-state index in [1.165, 1.54) is 18.6 Å². The lowest BCUT2D eigenvalue weighted by molar-refractivity contribution is -0.132. The van der Waals surface area contributed by atoms with Crippen molar-refractivity contribution < 1.29 is 18.7 Å². The number of piperidine rings is 1. The Hall–Kier alpha value is -3.41. The Labute approximate surface area is 186 Å². The van der Waals surface area contributed by atoms with Crippen LogP contribution in [0.15, 0.2) is 57.7 Å². The number of ether oxygens (including phenoxy) is 1. The summed E-state index contributed by atoms with van der Waals surface area (Å²) in [6.45, 7) is 4.55. The maximum atomic E-state index is 12.9. The average Bonchev–Trinajstić information content (AvgIpc) is 2.77. The van der Waals surface area contributed by atoms with E-state index in [1.807, 2.05) is 17.9 Å². The average molecular weight is 434 g/mol. The van der Waals surface area contributed by atoms with E-state index in [2.05, 4.69) is 24.3 Å². The lowest BCUT2D eigenvalue weighted by Gasteiger charge is -2.32. The molecule has 0 radical (unpaired) electrons. The summed E-state index contributed by atoms with van der Waals surface area (Å²) in [4.78, 5) is 38.6. The van der Waals surface area contributed by atoms with Crippen molar-refractivity contribution in [1.82, 2.24) is 4.90 Å². The molecule has 1 aliphatic rings. The Bertz CT molecular complexity index is 1190. The van der Waals surface area contributed by atoms with Crippen LogP contribution in [0.25, 0.3) is 11.0 Å². The lowest BCUT2D eigenvalue weighted by Crippen LogP contribution is -2.40. The molecule has 1 fully saturated rings. The largest absolute Gasteiger partial charge is 0.427 e. The molecule has 1 amide bonds. The topological polar surface area (TPSA) is 76.8 Å². The molecule has 1 aromatic heterocycles. The molecule has 0 unspecified atom stereocenters. The van der Waals surface area contributed by atoms with Crippen LogP contribution < -0.4 is 10.4 Å². The molecule has 0 atom stereocenters. The third kappa shape index (κ3) is 4.90. The first-order chi connectivity index (χ1) is 15.4. The van der Waals surface area contributed by atoms with Crippen LogP contribution >= 0.6 is 0 Å². The summed E-state index contributed by atoms with van der Waals surface area (Å²) >= 11 is 0. The van der Waals surface area contributed by atoms with E-state index in [9.17, 15) is 14.4 Å². The minimum Gasteiger partial charge on any atom is -0.427 e. The van der Waals surface area contributed by atoms with Crippen molar-refractivity contribution in [3.05, 3.63) is 75.6 Å². The Balaban J connectivity index is 1.43. The van der Waals surface area contributed by atoms with Crippen LogP contribution in [0.3, 0.4) is 0 Å². The first-order valence-corrected chi connectivity index (χ1v) is 11.0. The van der Waals surface area contributed by atoms with E-state index < -0.39 is 11.6 Å². The number of rotatable bonds is 5. The van der Waals surface area contributed by atoms with Crippen LogP contribution in [-0.4, -0.2) is 29.9 Å². The number of likely N-dealkylation sites (tertiary alicyclic amines) is 1. The van der Waals surface area contributed by atoms with Crippen LogP contribution in [-0.2, 0) is 22.4 Å². The minimum absolute atomic E-state index is 0.0269. The van der Waals surface area contributed by atoms with Gasteiger partial charge >= 0.3 is 11.6 Å². The van der Waals surface area contributed by atoms with Crippen LogP contribution in [0.4, 0.5) is 0 Å². The highest BCUT2D eigenvalue weighted by molar-refractivity contribution is 5.86. The smallest absolute Gasteiger partial charge is 0.340 e. The number of amides is 1. The minimum atomic E-state index is -0.526. The van der Waals surface area contributed by atoms with Crippen molar-refractivity contribution in [2.75, 3.05) is 13.1 Å². The second kappa shape index (κ2) is 9.39. The number of carbonyl (C=O) groups excluding carboxylic acids is 2. The van der Waals surface area contributed by atoms with E-state index in [0.717, 1.165) is 30.2 Å². The van der Waals surface area contributed by atoms with Gasteiger partial charge in [0.25, 0.3) is 0 Å². The number of carbonyl (C=O) groups is 2. The molecule has 6 heteroatoms. The molecular formula is C26H27NO5. The monoisotopic (exact) mass is 433 g/mol. The van der Waals surface area contributed by atoms with Crippen molar-refractivity contribution in [3.63, 3.8) is 0 Å². The number of aryl methyl sites for hydroxylation is 1. The van der Waals surface area contributed by atoms with Gasteiger partial charge in [0.1, 0.15) is 11.3 Å². The van der Waals surface area contributed by atoms with Crippen LogP contribution in [0.5, 0.6) is 5.75 Å². The molecule has 0 bridgehead atoms. The van der Waals surface area contributed by atoms with E-state index >= 15 is 0 Å². The zero-order valence-electron chi connectivity index (χ0n) is 18.4. The Kier molecular flexibility index (Phi) is 6.40. The predicted octanol–water partition coefficient (Wildman–Crippen LogP) is 4.05. The third-order valence-corrected chi connectivity index (χ3v) is 6.18. The van der Waals surface area contributed by atoms with Gasteiger partial charge in [-0.3, -0.25) is 9.59 Å². The Morgan fingerprint density at radius 3 is 2.50 bits per heavy atom. The molecule has 1 aliphatic heterocycles. The van der Waals surface area contributed by atoms with Gasteiger partial charge in [0.2, 0.25) is 5.91 Å². The first kappa shape index (κ1) is 21.8. The molecular weight excluding hydrogens is 406 g/mol. The molecule has 0 N–H and O–H groups in total. The van der Waals surface area contributed by atoms with Gasteiger partial charge < -0.3 is 14.1 Å². The van der Waals surface area contributed by atoms with Crippen molar-refractivity contribution in [3.8, 4) is 5.75 Å². The fourth-order valence-corrected chi connectivity index (χ4v) is 4.41. The lowest BCUT2D eigenvalue weighted by atomic mass is 9.90. The van der Waals surface area contributed by atoms with Gasteiger partial charge in [0, 0.05) is 31.5 Å². The first-order valence-electron chi connectivity index (χ1n) is 11.0. The standard InChI is InChI=1S/C26H27NO5/c1-17-22-9-8-21(31-18(2)28)15-24(22)32-26(30)23(17)16-25(29)27-12-10-20(11-13-27)14-19-6-4-3-5-7-19/h3-9,15,20H,10-14,16H2,1-2H3. The highest BCUT2D eigenvalue weighted by Gasteiger charge is 2.25. The molecule has 0 spiro atoms. The summed E-state index contributed by atoms with van der Waals surface area (Å²) in [5.74, 6) is 0.391. The quantitative estimate of drug-likeness (QED) is 0.345. The molecule has 4 rings (SSSR count). The maximum absolute atomic E-state index is 12.9. The third-order valence-electron chi connectivity index (χ3n) is 6.18. The van der Waals surface area contributed by atoms with Gasteiger partial charge in [-0.1, -0.05) is 30.3 Å². The highest BCUT2D eigenvalue weighted by atomic mass is 16.5. The molecule has 0 saturated carbocycles. The molecule has 0 aliphatic carbocycles. The Morgan fingerprint density at radius 1 is 1.09 bits per heavy atom. The van der Waals surface area contributed by atoms with Gasteiger partial charge in [0.05, 0.1) is 12.0 Å². The summed E-state index contributed by atoms with van der Waals surface area (Å²) in [5.41, 5.74) is 2.25. The molecule has 166 valence electrons. The molecule has 2 aromatic carbocycles. The second-order valence-electron chi connectivity index (χ2n) is 8.44. The van der Waals surface area contributed by atoms with Crippen LogP contribution in [0.1, 0.15) is 36.5 Å². The maximum Gasteiger partial charge on any atom is 0.340 e. The number of benzene rings is 2. The molecule has 32 heavy (non-hydrogen) atoms. The normalized spacial score (nSPS) is 14.5. The summed E-state index contributed by atoms with van der Waals surface area (Å²) in [5, 5.41) is 0.727. The van der Waals surface area contributed by atoms with Gasteiger partial charge in [-0.15, -0.1) is 0 Å². The van der Waals surface area contributed by atoms with Gasteiger partial charge in [-0.25, -0.2) is 4.79 Å².